The summed E-state index contributed by atoms with van der Waals surface area (Å²) in [6.07, 6.45) is 5.83. The monoisotopic (exact) mass is 258 g/mol. The van der Waals surface area contributed by atoms with Gasteiger partial charge >= 0.3 is 11.9 Å². The molecule has 18 heavy (non-hydrogen) atoms. The van der Waals surface area contributed by atoms with Crippen LogP contribution in [0.5, 0.6) is 0 Å². The Morgan fingerprint density at radius 3 is 1.39 bits per heavy atom. The summed E-state index contributed by atoms with van der Waals surface area (Å²) in [7, 11) is 0. The molecule has 0 aliphatic carbocycles. The van der Waals surface area contributed by atoms with E-state index in [2.05, 4.69) is 13.8 Å². The zero-order valence-electron chi connectivity index (χ0n) is 11.5. The first-order valence-corrected chi connectivity index (χ1v) is 6.94. The minimum atomic E-state index is -0.817. The Balaban J connectivity index is 4.57. The summed E-state index contributed by atoms with van der Waals surface area (Å²) in [6.45, 7) is 4.13. The molecule has 4 nitrogen and oxygen atoms in total. The van der Waals surface area contributed by atoms with Gasteiger partial charge < -0.3 is 10.2 Å². The lowest BCUT2D eigenvalue weighted by Crippen LogP contribution is -2.21. The molecule has 2 atom stereocenters. The summed E-state index contributed by atoms with van der Waals surface area (Å²) in [5.41, 5.74) is 0. The number of carbonyl (C=O) groups is 2. The maximum Gasteiger partial charge on any atom is 0.303 e. The average molecular weight is 258 g/mol. The molecule has 0 heterocycles. The molecule has 0 rings (SSSR count). The van der Waals surface area contributed by atoms with Gasteiger partial charge in [-0.1, -0.05) is 39.5 Å². The molecule has 0 saturated carbocycles. The molecule has 0 aliphatic heterocycles. The standard InChI is InChI=1S/C14H26O4/c1-3-5-7-11(9-13(15)16)12(8-6-4-2)10-14(17)18/h11-12H,3-10H2,1-2H3,(H,15,16)(H,17,18). The lowest BCUT2D eigenvalue weighted by atomic mass is 9.80. The number of aliphatic carboxylic acids is 2. The highest BCUT2D eigenvalue weighted by Crippen LogP contribution is 2.29. The highest BCUT2D eigenvalue weighted by atomic mass is 16.4. The van der Waals surface area contributed by atoms with Crippen molar-refractivity contribution in [3.63, 3.8) is 0 Å². The van der Waals surface area contributed by atoms with Crippen molar-refractivity contribution in [2.24, 2.45) is 11.8 Å². The van der Waals surface area contributed by atoms with E-state index < -0.39 is 11.9 Å². The number of rotatable bonds is 11. The van der Waals surface area contributed by atoms with Gasteiger partial charge in [-0.3, -0.25) is 9.59 Å². The Hall–Kier alpha value is -1.06. The molecule has 0 aromatic heterocycles. The molecule has 0 spiro atoms. The smallest absolute Gasteiger partial charge is 0.303 e. The normalized spacial score (nSPS) is 14.1. The van der Waals surface area contributed by atoms with E-state index in [1.54, 1.807) is 0 Å². The number of carboxylic acids is 2. The predicted octanol–water partition coefficient (Wildman–Crippen LogP) is 3.55. The molecule has 0 radical (unpaired) electrons. The molecule has 2 N–H and O–H groups in total. The first-order chi connectivity index (χ1) is 8.51. The minimum absolute atomic E-state index is 0.00472. The second kappa shape index (κ2) is 9.92. The molecule has 0 saturated heterocycles. The number of carboxylic acid groups (broad SMARTS) is 2. The van der Waals surface area contributed by atoms with Crippen molar-refractivity contribution in [1.29, 1.82) is 0 Å². The van der Waals surface area contributed by atoms with Crippen LogP contribution in [0.15, 0.2) is 0 Å². The van der Waals surface area contributed by atoms with E-state index in [1.807, 2.05) is 0 Å². The minimum Gasteiger partial charge on any atom is -0.481 e. The van der Waals surface area contributed by atoms with Gasteiger partial charge in [-0.25, -0.2) is 0 Å². The van der Waals surface area contributed by atoms with Gasteiger partial charge in [0, 0.05) is 12.8 Å². The predicted molar refractivity (Wildman–Crippen MR) is 70.5 cm³/mol. The van der Waals surface area contributed by atoms with Crippen LogP contribution in [-0.2, 0) is 9.59 Å². The molecular weight excluding hydrogens is 232 g/mol. The van der Waals surface area contributed by atoms with E-state index >= 15 is 0 Å². The quantitative estimate of drug-likeness (QED) is 0.594. The fraction of sp³-hybridized carbons (Fsp3) is 0.857. The number of hydrogen-bond donors (Lipinski definition) is 2. The van der Waals surface area contributed by atoms with Crippen molar-refractivity contribution in [3.8, 4) is 0 Å². The summed E-state index contributed by atoms with van der Waals surface area (Å²) in [4.78, 5) is 21.8. The molecule has 106 valence electrons. The zero-order valence-corrected chi connectivity index (χ0v) is 11.5. The van der Waals surface area contributed by atoms with Gasteiger partial charge in [-0.05, 0) is 24.7 Å². The van der Waals surface area contributed by atoms with Crippen molar-refractivity contribution in [2.45, 2.75) is 65.2 Å². The van der Waals surface area contributed by atoms with Crippen molar-refractivity contribution < 1.29 is 19.8 Å². The summed E-state index contributed by atoms with van der Waals surface area (Å²) >= 11 is 0. The summed E-state index contributed by atoms with van der Waals surface area (Å²) < 4.78 is 0. The molecule has 0 aromatic rings. The van der Waals surface area contributed by atoms with Crippen molar-refractivity contribution in [2.75, 3.05) is 0 Å². The Morgan fingerprint density at radius 1 is 0.833 bits per heavy atom. The van der Waals surface area contributed by atoms with Crippen LogP contribution in [0.1, 0.15) is 65.2 Å². The van der Waals surface area contributed by atoms with E-state index in [9.17, 15) is 9.59 Å². The van der Waals surface area contributed by atoms with Crippen LogP contribution in [0.2, 0.25) is 0 Å². The van der Waals surface area contributed by atoms with Gasteiger partial charge in [0.15, 0.2) is 0 Å². The van der Waals surface area contributed by atoms with E-state index in [4.69, 9.17) is 10.2 Å². The fourth-order valence-corrected chi connectivity index (χ4v) is 2.39. The molecule has 2 unspecified atom stereocenters. The Labute approximate surface area is 109 Å². The SMILES string of the molecule is CCCCC(CC(=O)O)C(CCCC)CC(=O)O. The highest BCUT2D eigenvalue weighted by Gasteiger charge is 2.25. The molecule has 0 amide bonds. The lowest BCUT2D eigenvalue weighted by Gasteiger charge is -2.24. The molecule has 4 heteroatoms. The third-order valence-corrected chi connectivity index (χ3v) is 3.40. The summed E-state index contributed by atoms with van der Waals surface area (Å²) in [5, 5.41) is 17.9. The van der Waals surface area contributed by atoms with E-state index in [0.29, 0.717) is 0 Å². The largest absolute Gasteiger partial charge is 0.481 e. The molecule has 0 aliphatic rings. The number of unbranched alkanes of at least 4 members (excludes halogenated alkanes) is 2. The van der Waals surface area contributed by atoms with Gasteiger partial charge in [-0.2, -0.15) is 0 Å². The van der Waals surface area contributed by atoms with Crippen LogP contribution in [-0.4, -0.2) is 22.2 Å². The molecule has 0 fully saturated rings. The van der Waals surface area contributed by atoms with Crippen molar-refractivity contribution >= 4 is 11.9 Å². The van der Waals surface area contributed by atoms with Gasteiger partial charge in [0.25, 0.3) is 0 Å². The third kappa shape index (κ3) is 8.09. The molecule has 0 bridgehead atoms. The highest BCUT2D eigenvalue weighted by molar-refractivity contribution is 5.68. The first kappa shape index (κ1) is 16.9. The zero-order chi connectivity index (χ0) is 14.0. The first-order valence-electron chi connectivity index (χ1n) is 6.94. The van der Waals surface area contributed by atoms with Gasteiger partial charge in [-0.15, -0.1) is 0 Å². The molecular formula is C14H26O4. The van der Waals surface area contributed by atoms with Crippen LogP contribution in [0, 0.1) is 11.8 Å². The fourth-order valence-electron chi connectivity index (χ4n) is 2.39. The van der Waals surface area contributed by atoms with Crippen LogP contribution in [0.4, 0.5) is 0 Å². The summed E-state index contributed by atoms with van der Waals surface area (Å²) in [6, 6.07) is 0. The second-order valence-corrected chi connectivity index (χ2v) is 5.00. The summed E-state index contributed by atoms with van der Waals surface area (Å²) in [5.74, 6) is -1.62. The third-order valence-electron chi connectivity index (χ3n) is 3.40. The van der Waals surface area contributed by atoms with Crippen LogP contribution < -0.4 is 0 Å². The van der Waals surface area contributed by atoms with Gasteiger partial charge in [0.05, 0.1) is 0 Å². The average Bonchev–Trinajstić information content (AvgIpc) is 2.29. The van der Waals surface area contributed by atoms with Gasteiger partial charge in [0.1, 0.15) is 0 Å². The lowest BCUT2D eigenvalue weighted by molar-refractivity contribution is -0.142. The van der Waals surface area contributed by atoms with Crippen molar-refractivity contribution in [1.82, 2.24) is 0 Å². The Kier molecular flexibility index (Phi) is 9.33. The number of hydrogen-bond acceptors (Lipinski definition) is 2. The van der Waals surface area contributed by atoms with E-state index in [1.165, 1.54) is 0 Å². The Bertz CT molecular complexity index is 224. The van der Waals surface area contributed by atoms with Crippen LogP contribution >= 0.6 is 0 Å². The second-order valence-electron chi connectivity index (χ2n) is 5.00. The van der Waals surface area contributed by atoms with Crippen LogP contribution in [0.3, 0.4) is 0 Å². The van der Waals surface area contributed by atoms with E-state index in [-0.39, 0.29) is 24.7 Å². The van der Waals surface area contributed by atoms with Gasteiger partial charge in [0.2, 0.25) is 0 Å². The molecule has 0 aromatic carbocycles. The topological polar surface area (TPSA) is 74.6 Å². The van der Waals surface area contributed by atoms with Crippen LogP contribution in [0.25, 0.3) is 0 Å². The Morgan fingerprint density at radius 2 is 1.17 bits per heavy atom. The van der Waals surface area contributed by atoms with Crippen molar-refractivity contribution in [3.05, 3.63) is 0 Å². The maximum absolute atomic E-state index is 10.9. The van der Waals surface area contributed by atoms with E-state index in [0.717, 1.165) is 38.5 Å². The maximum atomic E-state index is 10.9.